The molecule has 0 bridgehead atoms. The summed E-state index contributed by atoms with van der Waals surface area (Å²) in [6.07, 6.45) is 4.46. The second-order valence-electron chi connectivity index (χ2n) is 7.14. The summed E-state index contributed by atoms with van der Waals surface area (Å²) in [5.74, 6) is 2.63. The molecule has 6 heteroatoms. The number of ether oxygens (including phenoxy) is 2. The van der Waals surface area contributed by atoms with Crippen molar-refractivity contribution >= 4 is 11.7 Å². The second kappa shape index (κ2) is 6.29. The molecule has 1 unspecified atom stereocenters. The van der Waals surface area contributed by atoms with Crippen LogP contribution in [0.25, 0.3) is 0 Å². The Morgan fingerprint density at radius 1 is 1.38 bits per heavy atom. The number of carbonyl (C=O) groups excluding carboxylic acids is 1. The number of hydrogen-bond donors (Lipinski definition) is 2. The highest BCUT2D eigenvalue weighted by Crippen LogP contribution is 2.59. The lowest BCUT2D eigenvalue weighted by atomic mass is 9.95. The normalized spacial score (nSPS) is 17.3. The van der Waals surface area contributed by atoms with Crippen LogP contribution in [0.1, 0.15) is 37.3 Å². The van der Waals surface area contributed by atoms with Crippen molar-refractivity contribution in [1.82, 2.24) is 4.98 Å². The van der Waals surface area contributed by atoms with Crippen LogP contribution in [-0.4, -0.2) is 23.5 Å². The average Bonchev–Trinajstić information content (AvgIpc) is 3.32. The van der Waals surface area contributed by atoms with E-state index in [2.05, 4.69) is 17.2 Å². The first-order valence-electron chi connectivity index (χ1n) is 9.00. The Labute approximate surface area is 152 Å². The first-order chi connectivity index (χ1) is 12.5. The van der Waals surface area contributed by atoms with Crippen molar-refractivity contribution in [2.75, 3.05) is 11.9 Å². The van der Waals surface area contributed by atoms with Gasteiger partial charge in [0.2, 0.25) is 5.91 Å². The maximum atomic E-state index is 11.8. The number of hydrogen-bond acceptors (Lipinski definition) is 5. The van der Waals surface area contributed by atoms with Gasteiger partial charge < -0.3 is 20.5 Å². The molecule has 0 radical (unpaired) electrons. The first kappa shape index (κ1) is 16.8. The third-order valence-electron chi connectivity index (χ3n) is 5.19. The van der Waals surface area contributed by atoms with Crippen LogP contribution in [0.2, 0.25) is 0 Å². The molecule has 1 fully saturated rings. The lowest BCUT2D eigenvalue weighted by molar-refractivity contribution is -0.117. The Kier molecular flexibility index (Phi) is 4.07. The topological polar surface area (TPSA) is 86.5 Å². The van der Waals surface area contributed by atoms with Crippen molar-refractivity contribution in [1.29, 1.82) is 0 Å². The minimum Gasteiger partial charge on any atom is -0.492 e. The van der Waals surface area contributed by atoms with Crippen LogP contribution in [0.15, 0.2) is 30.5 Å². The number of pyridine rings is 1. The quantitative estimate of drug-likeness (QED) is 0.861. The van der Waals surface area contributed by atoms with Gasteiger partial charge in [-0.25, -0.2) is 4.98 Å². The van der Waals surface area contributed by atoms with Gasteiger partial charge in [0.05, 0.1) is 18.8 Å². The number of rotatable bonds is 5. The summed E-state index contributed by atoms with van der Waals surface area (Å²) in [5.41, 5.74) is 8.17. The van der Waals surface area contributed by atoms with Gasteiger partial charge >= 0.3 is 0 Å². The zero-order valence-electron chi connectivity index (χ0n) is 15.0. The standard InChI is InChI=1S/C20H23N3O3/c1-3-14(21)19(24)23-16-7-5-13(10-22-16)26-15-6-4-12(2)18-17(15)20(8-9-20)11-25-18/h4-7,10,14H,3,8-9,11,21H2,1-2H3,(H,22,23,24). The Morgan fingerprint density at radius 2 is 2.19 bits per heavy atom. The van der Waals surface area contributed by atoms with E-state index in [-0.39, 0.29) is 11.3 Å². The number of anilines is 1. The third-order valence-corrected chi connectivity index (χ3v) is 5.19. The smallest absolute Gasteiger partial charge is 0.242 e. The Morgan fingerprint density at radius 3 is 2.85 bits per heavy atom. The highest BCUT2D eigenvalue weighted by atomic mass is 16.5. The van der Waals surface area contributed by atoms with Crippen LogP contribution >= 0.6 is 0 Å². The minimum atomic E-state index is -0.530. The van der Waals surface area contributed by atoms with Gasteiger partial charge in [-0.1, -0.05) is 13.0 Å². The molecule has 0 saturated heterocycles. The number of aromatic nitrogens is 1. The van der Waals surface area contributed by atoms with Crippen LogP contribution in [0.3, 0.4) is 0 Å². The minimum absolute atomic E-state index is 0.133. The van der Waals surface area contributed by atoms with Crippen LogP contribution in [-0.2, 0) is 10.2 Å². The predicted octanol–water partition coefficient (Wildman–Crippen LogP) is 3.28. The van der Waals surface area contributed by atoms with E-state index in [0.29, 0.717) is 18.0 Å². The number of carbonyl (C=O) groups is 1. The van der Waals surface area contributed by atoms with E-state index < -0.39 is 6.04 Å². The van der Waals surface area contributed by atoms with Crippen LogP contribution in [0.4, 0.5) is 5.82 Å². The molecule has 1 atom stereocenters. The van der Waals surface area contributed by atoms with E-state index in [1.165, 1.54) is 5.56 Å². The third kappa shape index (κ3) is 2.90. The number of nitrogens with zero attached hydrogens (tertiary/aromatic N) is 1. The van der Waals surface area contributed by atoms with E-state index in [9.17, 15) is 4.79 Å². The second-order valence-corrected chi connectivity index (χ2v) is 7.14. The summed E-state index contributed by atoms with van der Waals surface area (Å²) in [7, 11) is 0. The fourth-order valence-corrected chi connectivity index (χ4v) is 3.32. The van der Waals surface area contributed by atoms with Gasteiger partial charge in [-0.05, 0) is 49.9 Å². The average molecular weight is 353 g/mol. The molecule has 6 nitrogen and oxygen atoms in total. The molecule has 1 aliphatic carbocycles. The van der Waals surface area contributed by atoms with Crippen LogP contribution in [0, 0.1) is 6.92 Å². The Balaban J connectivity index is 1.53. The highest BCUT2D eigenvalue weighted by Gasteiger charge is 2.53. The zero-order valence-corrected chi connectivity index (χ0v) is 15.0. The molecule has 2 aliphatic rings. The molecule has 1 aromatic carbocycles. The molecule has 1 saturated carbocycles. The molecule has 4 rings (SSSR count). The highest BCUT2D eigenvalue weighted by molar-refractivity contribution is 5.93. The summed E-state index contributed by atoms with van der Waals surface area (Å²) < 4.78 is 12.0. The molecular formula is C20H23N3O3. The molecule has 2 heterocycles. The molecule has 3 N–H and O–H groups in total. The van der Waals surface area contributed by atoms with Crippen molar-refractivity contribution in [3.8, 4) is 17.2 Å². The summed E-state index contributed by atoms with van der Waals surface area (Å²) in [5, 5.41) is 2.71. The molecule has 26 heavy (non-hydrogen) atoms. The monoisotopic (exact) mass is 353 g/mol. The molecular weight excluding hydrogens is 330 g/mol. The largest absolute Gasteiger partial charge is 0.492 e. The number of fused-ring (bicyclic) bond motifs is 2. The van der Waals surface area contributed by atoms with Crippen molar-refractivity contribution in [2.24, 2.45) is 5.73 Å². The summed E-state index contributed by atoms with van der Waals surface area (Å²) in [6, 6.07) is 7.00. The lowest BCUT2D eigenvalue weighted by Crippen LogP contribution is -2.35. The van der Waals surface area contributed by atoms with E-state index in [1.54, 1.807) is 18.3 Å². The molecule has 136 valence electrons. The zero-order chi connectivity index (χ0) is 18.3. The van der Waals surface area contributed by atoms with E-state index in [4.69, 9.17) is 15.2 Å². The number of nitrogens with two attached hydrogens (primary N) is 1. The van der Waals surface area contributed by atoms with E-state index in [0.717, 1.165) is 36.5 Å². The molecule has 2 aromatic rings. The number of aryl methyl sites for hydroxylation is 1. The van der Waals surface area contributed by atoms with Gasteiger partial charge in [0.15, 0.2) is 0 Å². The maximum absolute atomic E-state index is 11.8. The van der Waals surface area contributed by atoms with Crippen molar-refractivity contribution < 1.29 is 14.3 Å². The molecule has 1 amide bonds. The summed E-state index contributed by atoms with van der Waals surface area (Å²) in [4.78, 5) is 16.1. The fraction of sp³-hybridized carbons (Fsp3) is 0.400. The van der Waals surface area contributed by atoms with Crippen molar-refractivity contribution in [3.05, 3.63) is 41.6 Å². The van der Waals surface area contributed by atoms with Gasteiger partial charge in [-0.15, -0.1) is 0 Å². The fourth-order valence-electron chi connectivity index (χ4n) is 3.32. The van der Waals surface area contributed by atoms with Gasteiger partial charge in [0.25, 0.3) is 0 Å². The van der Waals surface area contributed by atoms with Crippen LogP contribution < -0.4 is 20.5 Å². The predicted molar refractivity (Wildman–Crippen MR) is 98.8 cm³/mol. The van der Waals surface area contributed by atoms with Gasteiger partial charge in [0, 0.05) is 11.0 Å². The molecule has 1 aromatic heterocycles. The van der Waals surface area contributed by atoms with Gasteiger partial charge in [0.1, 0.15) is 23.1 Å². The van der Waals surface area contributed by atoms with E-state index in [1.807, 2.05) is 19.1 Å². The summed E-state index contributed by atoms with van der Waals surface area (Å²) in [6.45, 7) is 4.67. The Bertz CT molecular complexity index is 844. The number of amides is 1. The SMILES string of the molecule is CCC(N)C(=O)Nc1ccc(Oc2ccc(C)c3c2C2(CC2)CO3)cn1. The number of nitrogens with one attached hydrogen (secondary N) is 1. The first-order valence-corrected chi connectivity index (χ1v) is 9.00. The van der Waals surface area contributed by atoms with Crippen molar-refractivity contribution in [3.63, 3.8) is 0 Å². The Hall–Kier alpha value is -2.60. The maximum Gasteiger partial charge on any atom is 0.242 e. The molecule has 1 aliphatic heterocycles. The number of benzene rings is 1. The van der Waals surface area contributed by atoms with Gasteiger partial charge in [-0.2, -0.15) is 0 Å². The molecule has 1 spiro atoms. The van der Waals surface area contributed by atoms with Crippen LogP contribution in [0.5, 0.6) is 17.2 Å². The lowest BCUT2D eigenvalue weighted by Gasteiger charge is -2.14. The van der Waals surface area contributed by atoms with Crippen molar-refractivity contribution in [2.45, 2.75) is 44.6 Å². The summed E-state index contributed by atoms with van der Waals surface area (Å²) >= 11 is 0. The van der Waals surface area contributed by atoms with E-state index >= 15 is 0 Å². The van der Waals surface area contributed by atoms with Gasteiger partial charge in [-0.3, -0.25) is 4.79 Å².